The van der Waals surface area contributed by atoms with Crippen molar-refractivity contribution in [3.63, 3.8) is 0 Å². The topological polar surface area (TPSA) is 66.5 Å². The lowest BCUT2D eigenvalue weighted by molar-refractivity contribution is 0.0607. The average Bonchev–Trinajstić information content (AvgIpc) is 2.85. The van der Waals surface area contributed by atoms with Crippen molar-refractivity contribution in [2.75, 3.05) is 0 Å². The van der Waals surface area contributed by atoms with Crippen molar-refractivity contribution in [1.29, 1.82) is 0 Å². The van der Waals surface area contributed by atoms with E-state index in [4.69, 9.17) is 11.6 Å². The Morgan fingerprint density at radius 3 is 2.48 bits per heavy atom. The van der Waals surface area contributed by atoms with Gasteiger partial charge in [-0.1, -0.05) is 29.8 Å². The number of benzene rings is 2. The summed E-state index contributed by atoms with van der Waals surface area (Å²) in [5.74, 6) is -1.28. The predicted molar refractivity (Wildman–Crippen MR) is 93.5 cm³/mol. The van der Waals surface area contributed by atoms with Crippen LogP contribution in [0.3, 0.4) is 0 Å². The molecule has 0 spiro atoms. The first kappa shape index (κ1) is 17.2. The molecular formula is C19H16ClN2O3. The van der Waals surface area contributed by atoms with Gasteiger partial charge in [0.15, 0.2) is 0 Å². The van der Waals surface area contributed by atoms with Gasteiger partial charge in [-0.2, -0.15) is 0 Å². The highest BCUT2D eigenvalue weighted by molar-refractivity contribution is 6.30. The second-order valence-electron chi connectivity index (χ2n) is 6.02. The number of fused-ring (bicyclic) bond motifs is 1. The fourth-order valence-corrected chi connectivity index (χ4v) is 2.89. The third-order valence-corrected chi connectivity index (χ3v) is 4.24. The zero-order valence-electron chi connectivity index (χ0n) is 13.8. The highest BCUT2D eigenvalue weighted by Crippen LogP contribution is 2.27. The van der Waals surface area contributed by atoms with Gasteiger partial charge in [-0.25, -0.2) is 0 Å². The minimum atomic E-state index is -0.455. The second kappa shape index (κ2) is 6.69. The third kappa shape index (κ3) is 3.15. The molecule has 1 radical (unpaired) electrons. The summed E-state index contributed by atoms with van der Waals surface area (Å²) in [5, 5.41) is 3.36. The van der Waals surface area contributed by atoms with Crippen LogP contribution in [0.2, 0.25) is 5.02 Å². The molecule has 5 nitrogen and oxygen atoms in total. The maximum absolute atomic E-state index is 12.6. The molecule has 0 atom stereocenters. The summed E-state index contributed by atoms with van der Waals surface area (Å²) in [5.41, 5.74) is 1.33. The Hall–Kier alpha value is -2.66. The maximum atomic E-state index is 12.6. The second-order valence-corrected chi connectivity index (χ2v) is 6.46. The van der Waals surface area contributed by atoms with Gasteiger partial charge in [-0.15, -0.1) is 0 Å². The lowest BCUT2D eigenvalue weighted by atomic mass is 10.0. The number of halogens is 1. The summed E-state index contributed by atoms with van der Waals surface area (Å²) >= 11 is 5.84. The summed E-state index contributed by atoms with van der Waals surface area (Å²) < 4.78 is 0. The molecule has 1 aliphatic heterocycles. The minimum Gasteiger partial charge on any atom is -0.348 e. The van der Waals surface area contributed by atoms with Crippen molar-refractivity contribution >= 4 is 29.3 Å². The maximum Gasteiger partial charge on any atom is 0.262 e. The van der Waals surface area contributed by atoms with Crippen LogP contribution in [-0.2, 0) is 6.54 Å². The number of amides is 3. The summed E-state index contributed by atoms with van der Waals surface area (Å²) in [6.07, 6.45) is 0. The fourth-order valence-electron chi connectivity index (χ4n) is 2.76. The fraction of sp³-hybridized carbons (Fsp3) is 0.211. The van der Waals surface area contributed by atoms with Crippen molar-refractivity contribution in [2.45, 2.75) is 26.4 Å². The van der Waals surface area contributed by atoms with Gasteiger partial charge in [0.1, 0.15) is 0 Å². The van der Waals surface area contributed by atoms with Gasteiger partial charge in [0.05, 0.1) is 16.7 Å². The van der Waals surface area contributed by atoms with Crippen LogP contribution in [0.25, 0.3) is 0 Å². The van der Waals surface area contributed by atoms with Crippen molar-refractivity contribution in [3.8, 4) is 0 Å². The van der Waals surface area contributed by atoms with Crippen molar-refractivity contribution in [1.82, 2.24) is 10.2 Å². The molecule has 6 heteroatoms. The molecule has 127 valence electrons. The standard InChI is InChI=1S/C19H16ClN2O3/c1-11(2)22-18(24)15-5-3-4-14(16(15)19(22)25)17(23)21-10-12-6-8-13(20)9-7-12/h3,5-9,11H,10H2,1-2H3,(H,21,23). The highest BCUT2D eigenvalue weighted by atomic mass is 35.5. The molecule has 0 bridgehead atoms. The van der Waals surface area contributed by atoms with Gasteiger partial charge in [0.2, 0.25) is 0 Å². The predicted octanol–water partition coefficient (Wildman–Crippen LogP) is 3.07. The summed E-state index contributed by atoms with van der Waals surface area (Å²) in [6.45, 7) is 3.79. The van der Waals surface area contributed by atoms with E-state index in [1.54, 1.807) is 38.1 Å². The Morgan fingerprint density at radius 2 is 1.84 bits per heavy atom. The number of nitrogens with zero attached hydrogens (tertiary/aromatic N) is 1. The largest absolute Gasteiger partial charge is 0.348 e. The molecule has 0 saturated heterocycles. The van der Waals surface area contributed by atoms with E-state index in [9.17, 15) is 14.4 Å². The number of nitrogens with one attached hydrogen (secondary N) is 1. The summed E-state index contributed by atoms with van der Waals surface area (Å²) in [4.78, 5) is 38.6. The molecule has 0 fully saturated rings. The van der Waals surface area contributed by atoms with Crippen LogP contribution >= 0.6 is 11.6 Å². The Morgan fingerprint density at radius 1 is 1.16 bits per heavy atom. The van der Waals surface area contributed by atoms with Gasteiger partial charge in [-0.3, -0.25) is 19.3 Å². The van der Waals surface area contributed by atoms with E-state index in [2.05, 4.69) is 11.4 Å². The zero-order chi connectivity index (χ0) is 18.1. The number of carbonyl (C=O) groups is 3. The van der Waals surface area contributed by atoms with Gasteiger partial charge >= 0.3 is 0 Å². The van der Waals surface area contributed by atoms with Crippen LogP contribution in [0, 0.1) is 6.07 Å². The number of rotatable bonds is 4. The summed E-state index contributed by atoms with van der Waals surface area (Å²) in [7, 11) is 0. The molecule has 25 heavy (non-hydrogen) atoms. The van der Waals surface area contributed by atoms with E-state index in [-0.39, 0.29) is 35.2 Å². The van der Waals surface area contributed by atoms with E-state index in [1.165, 1.54) is 12.1 Å². The van der Waals surface area contributed by atoms with Crippen molar-refractivity contribution < 1.29 is 14.4 Å². The Balaban J connectivity index is 1.85. The van der Waals surface area contributed by atoms with Crippen LogP contribution in [0.15, 0.2) is 36.4 Å². The van der Waals surface area contributed by atoms with Crippen LogP contribution in [0.5, 0.6) is 0 Å². The van der Waals surface area contributed by atoms with Gasteiger partial charge in [-0.05, 0) is 43.7 Å². The highest BCUT2D eigenvalue weighted by Gasteiger charge is 2.39. The first-order valence-electron chi connectivity index (χ1n) is 7.85. The van der Waals surface area contributed by atoms with E-state index in [0.717, 1.165) is 10.5 Å². The number of hydrogen-bond acceptors (Lipinski definition) is 3. The number of carbonyl (C=O) groups excluding carboxylic acids is 3. The molecule has 1 N–H and O–H groups in total. The van der Waals surface area contributed by atoms with Crippen LogP contribution < -0.4 is 5.32 Å². The molecule has 1 heterocycles. The van der Waals surface area contributed by atoms with Gasteiger partial charge in [0, 0.05) is 17.6 Å². The Bertz CT molecular complexity index is 859. The SMILES string of the molecule is CC(C)N1C(=O)c2cc[c]c(C(=O)NCc3ccc(Cl)cc3)c2C1=O. The Labute approximate surface area is 150 Å². The first-order chi connectivity index (χ1) is 11.9. The molecule has 0 unspecified atom stereocenters. The lowest BCUT2D eigenvalue weighted by Crippen LogP contribution is -2.36. The molecule has 3 rings (SSSR count). The molecule has 2 aromatic carbocycles. The van der Waals surface area contributed by atoms with Crippen molar-refractivity contribution in [2.24, 2.45) is 0 Å². The van der Waals surface area contributed by atoms with Crippen LogP contribution in [0.1, 0.15) is 50.5 Å². The summed E-state index contributed by atoms with van der Waals surface area (Å²) in [6, 6.07) is 12.6. The average molecular weight is 356 g/mol. The lowest BCUT2D eigenvalue weighted by Gasteiger charge is -2.17. The minimum absolute atomic E-state index is 0.0907. The molecule has 2 aromatic rings. The number of hydrogen-bond donors (Lipinski definition) is 1. The van der Waals surface area contributed by atoms with E-state index in [0.29, 0.717) is 5.02 Å². The smallest absolute Gasteiger partial charge is 0.262 e. The van der Waals surface area contributed by atoms with E-state index < -0.39 is 11.8 Å². The van der Waals surface area contributed by atoms with Gasteiger partial charge in [0.25, 0.3) is 17.7 Å². The molecule has 0 saturated carbocycles. The van der Waals surface area contributed by atoms with Crippen LogP contribution in [-0.4, -0.2) is 28.7 Å². The van der Waals surface area contributed by atoms with Crippen LogP contribution in [0.4, 0.5) is 0 Å². The van der Waals surface area contributed by atoms with Crippen molar-refractivity contribution in [3.05, 3.63) is 69.7 Å². The van der Waals surface area contributed by atoms with Gasteiger partial charge < -0.3 is 5.32 Å². The molecule has 0 aromatic heterocycles. The number of imide groups is 1. The monoisotopic (exact) mass is 355 g/mol. The quantitative estimate of drug-likeness (QED) is 0.857. The molecule has 3 amide bonds. The normalized spacial score (nSPS) is 13.4. The zero-order valence-corrected chi connectivity index (χ0v) is 14.6. The molecule has 0 aliphatic carbocycles. The van der Waals surface area contributed by atoms with E-state index in [1.807, 2.05) is 0 Å². The first-order valence-corrected chi connectivity index (χ1v) is 8.23. The third-order valence-electron chi connectivity index (χ3n) is 3.99. The molecular weight excluding hydrogens is 340 g/mol. The molecule has 1 aliphatic rings. The van der Waals surface area contributed by atoms with E-state index >= 15 is 0 Å². The Kier molecular flexibility index (Phi) is 4.59.